The van der Waals surface area contributed by atoms with Gasteiger partial charge in [-0.1, -0.05) is 19.8 Å². The number of carboxylic acids is 1. The first-order valence-electron chi connectivity index (χ1n) is 6.22. The highest BCUT2D eigenvalue weighted by atomic mass is 16.4. The zero-order valence-electron chi connectivity index (χ0n) is 10.6. The second kappa shape index (κ2) is 6.47. The van der Waals surface area contributed by atoms with Crippen LogP contribution in [0.4, 0.5) is 4.79 Å². The third-order valence-electron chi connectivity index (χ3n) is 3.30. The van der Waals surface area contributed by atoms with Crippen molar-refractivity contribution in [2.75, 3.05) is 13.6 Å². The highest BCUT2D eigenvalue weighted by Gasteiger charge is 2.20. The first-order valence-corrected chi connectivity index (χ1v) is 6.22. The molecule has 0 spiro atoms. The average Bonchev–Trinajstić information content (AvgIpc) is 2.42. The number of hydrogen-bond acceptors (Lipinski definition) is 2. The van der Waals surface area contributed by atoms with E-state index in [4.69, 9.17) is 5.11 Å². The molecule has 5 heteroatoms. The van der Waals surface area contributed by atoms with Crippen LogP contribution in [0, 0.1) is 5.92 Å². The van der Waals surface area contributed by atoms with Gasteiger partial charge in [-0.25, -0.2) is 4.79 Å². The molecule has 0 bridgehead atoms. The van der Waals surface area contributed by atoms with Crippen molar-refractivity contribution < 1.29 is 14.7 Å². The van der Waals surface area contributed by atoms with Crippen molar-refractivity contribution in [2.24, 2.45) is 5.92 Å². The van der Waals surface area contributed by atoms with Crippen molar-refractivity contribution >= 4 is 12.0 Å². The van der Waals surface area contributed by atoms with Crippen LogP contribution >= 0.6 is 0 Å². The molecule has 5 nitrogen and oxygen atoms in total. The summed E-state index contributed by atoms with van der Waals surface area (Å²) in [6.45, 7) is 1.98. The molecule has 0 saturated heterocycles. The first kappa shape index (κ1) is 13.8. The molecule has 2 amide bonds. The standard InChI is InChI=1S/C12H22N2O3/c1-9-4-3-5-10(7-6-9)13-12(17)14(2)8-11(15)16/h9-10H,3-8H2,1-2H3,(H,13,17)(H,15,16). The molecule has 2 unspecified atom stereocenters. The Hall–Kier alpha value is -1.26. The Morgan fingerprint density at radius 2 is 2.00 bits per heavy atom. The fourth-order valence-corrected chi connectivity index (χ4v) is 2.19. The third-order valence-corrected chi connectivity index (χ3v) is 3.30. The lowest BCUT2D eigenvalue weighted by Gasteiger charge is -2.21. The molecule has 0 radical (unpaired) electrons. The Bertz CT molecular complexity index is 281. The Kier molecular flexibility index (Phi) is 5.25. The van der Waals surface area contributed by atoms with E-state index in [1.165, 1.54) is 18.4 Å². The highest BCUT2D eigenvalue weighted by molar-refractivity contribution is 5.79. The number of aliphatic carboxylic acids is 1. The molecule has 1 saturated carbocycles. The summed E-state index contributed by atoms with van der Waals surface area (Å²) in [5.41, 5.74) is 0. The topological polar surface area (TPSA) is 69.6 Å². The SMILES string of the molecule is CC1CCCC(NC(=O)N(C)CC(=O)O)CC1. The largest absolute Gasteiger partial charge is 0.480 e. The van der Waals surface area contributed by atoms with Gasteiger partial charge in [0, 0.05) is 13.1 Å². The van der Waals surface area contributed by atoms with Crippen LogP contribution in [0.3, 0.4) is 0 Å². The maximum Gasteiger partial charge on any atom is 0.323 e. The van der Waals surface area contributed by atoms with E-state index in [1.807, 2.05) is 0 Å². The molecule has 1 aliphatic rings. The lowest BCUT2D eigenvalue weighted by Crippen LogP contribution is -2.44. The van der Waals surface area contributed by atoms with Gasteiger partial charge in [-0.15, -0.1) is 0 Å². The van der Waals surface area contributed by atoms with Crippen LogP contribution < -0.4 is 5.32 Å². The molecule has 0 heterocycles. The summed E-state index contributed by atoms with van der Waals surface area (Å²) in [6.07, 6.45) is 5.48. The fourth-order valence-electron chi connectivity index (χ4n) is 2.19. The van der Waals surface area contributed by atoms with Gasteiger partial charge >= 0.3 is 12.0 Å². The van der Waals surface area contributed by atoms with E-state index in [-0.39, 0.29) is 18.6 Å². The highest BCUT2D eigenvalue weighted by Crippen LogP contribution is 2.22. The summed E-state index contributed by atoms with van der Waals surface area (Å²) in [6, 6.07) is -0.0874. The minimum Gasteiger partial charge on any atom is -0.480 e. The molecule has 0 aromatic rings. The second-order valence-electron chi connectivity index (χ2n) is 5.01. The molecular formula is C12H22N2O3. The summed E-state index contributed by atoms with van der Waals surface area (Å²) in [7, 11) is 1.50. The quantitative estimate of drug-likeness (QED) is 0.740. The van der Waals surface area contributed by atoms with Crippen LogP contribution in [0.2, 0.25) is 0 Å². The molecule has 1 aliphatic carbocycles. The summed E-state index contributed by atoms with van der Waals surface area (Å²) >= 11 is 0. The maximum atomic E-state index is 11.7. The van der Waals surface area contributed by atoms with E-state index in [1.54, 1.807) is 0 Å². The Labute approximate surface area is 102 Å². The number of likely N-dealkylation sites (N-methyl/N-ethyl adjacent to an activating group) is 1. The van der Waals surface area contributed by atoms with Gasteiger partial charge in [-0.3, -0.25) is 4.79 Å². The normalized spacial score (nSPS) is 24.8. The Morgan fingerprint density at radius 1 is 1.29 bits per heavy atom. The van der Waals surface area contributed by atoms with Gasteiger partial charge in [0.2, 0.25) is 0 Å². The lowest BCUT2D eigenvalue weighted by atomic mass is 10.0. The van der Waals surface area contributed by atoms with Crippen LogP contribution in [0.5, 0.6) is 0 Å². The molecule has 1 fully saturated rings. The van der Waals surface area contributed by atoms with E-state index in [0.29, 0.717) is 0 Å². The summed E-state index contributed by atoms with van der Waals surface area (Å²) < 4.78 is 0. The number of rotatable bonds is 3. The van der Waals surface area contributed by atoms with Crippen LogP contribution in [0.1, 0.15) is 39.0 Å². The van der Waals surface area contributed by atoms with E-state index < -0.39 is 5.97 Å². The molecule has 0 aromatic heterocycles. The van der Waals surface area contributed by atoms with E-state index >= 15 is 0 Å². The molecule has 2 atom stereocenters. The van der Waals surface area contributed by atoms with Crippen LogP contribution in [-0.4, -0.2) is 41.6 Å². The summed E-state index contributed by atoms with van der Waals surface area (Å²) in [5, 5.41) is 11.5. The number of hydrogen-bond donors (Lipinski definition) is 2. The molecular weight excluding hydrogens is 220 g/mol. The number of carboxylic acid groups (broad SMARTS) is 1. The number of amides is 2. The predicted octanol–water partition coefficient (Wildman–Crippen LogP) is 1.68. The molecule has 17 heavy (non-hydrogen) atoms. The van der Waals surface area contributed by atoms with Crippen molar-refractivity contribution in [3.63, 3.8) is 0 Å². The smallest absolute Gasteiger partial charge is 0.323 e. The molecule has 1 rings (SSSR count). The van der Waals surface area contributed by atoms with Crippen molar-refractivity contribution in [1.29, 1.82) is 0 Å². The lowest BCUT2D eigenvalue weighted by molar-refractivity contribution is -0.137. The van der Waals surface area contributed by atoms with Crippen molar-refractivity contribution in [1.82, 2.24) is 10.2 Å². The van der Waals surface area contributed by atoms with Gasteiger partial charge in [-0.05, 0) is 25.2 Å². The van der Waals surface area contributed by atoms with Gasteiger partial charge in [0.05, 0.1) is 0 Å². The van der Waals surface area contributed by atoms with Crippen LogP contribution in [0.25, 0.3) is 0 Å². The van der Waals surface area contributed by atoms with Gasteiger partial charge in [-0.2, -0.15) is 0 Å². The Morgan fingerprint density at radius 3 is 2.65 bits per heavy atom. The number of nitrogens with one attached hydrogen (secondary N) is 1. The summed E-state index contributed by atoms with van der Waals surface area (Å²) in [5.74, 6) is -0.259. The van der Waals surface area contributed by atoms with Gasteiger partial charge < -0.3 is 15.3 Å². The van der Waals surface area contributed by atoms with Crippen molar-refractivity contribution in [2.45, 2.75) is 45.1 Å². The number of nitrogens with zero attached hydrogens (tertiary/aromatic N) is 1. The fraction of sp³-hybridized carbons (Fsp3) is 0.833. The zero-order chi connectivity index (χ0) is 12.8. The monoisotopic (exact) mass is 242 g/mol. The number of carbonyl (C=O) groups excluding carboxylic acids is 1. The van der Waals surface area contributed by atoms with E-state index in [9.17, 15) is 9.59 Å². The average molecular weight is 242 g/mol. The van der Waals surface area contributed by atoms with Crippen molar-refractivity contribution in [3.8, 4) is 0 Å². The second-order valence-corrected chi connectivity index (χ2v) is 5.01. The number of urea groups is 1. The maximum absolute atomic E-state index is 11.7. The molecule has 2 N–H and O–H groups in total. The van der Waals surface area contributed by atoms with Gasteiger partial charge in [0.25, 0.3) is 0 Å². The number of carbonyl (C=O) groups is 2. The first-order chi connectivity index (χ1) is 7.99. The Balaban J connectivity index is 2.37. The van der Waals surface area contributed by atoms with Crippen LogP contribution in [0.15, 0.2) is 0 Å². The van der Waals surface area contributed by atoms with Crippen LogP contribution in [-0.2, 0) is 4.79 Å². The molecule has 0 aromatic carbocycles. The summed E-state index contributed by atoms with van der Waals surface area (Å²) in [4.78, 5) is 23.4. The van der Waals surface area contributed by atoms with Crippen molar-refractivity contribution in [3.05, 3.63) is 0 Å². The zero-order valence-corrected chi connectivity index (χ0v) is 10.6. The predicted molar refractivity (Wildman–Crippen MR) is 64.8 cm³/mol. The van der Waals surface area contributed by atoms with E-state index in [0.717, 1.165) is 31.6 Å². The molecule has 0 aliphatic heterocycles. The van der Waals surface area contributed by atoms with E-state index in [2.05, 4.69) is 12.2 Å². The molecule has 98 valence electrons. The minimum absolute atomic E-state index is 0.198. The third kappa shape index (κ3) is 5.06. The van der Waals surface area contributed by atoms with Gasteiger partial charge in [0.15, 0.2) is 0 Å². The minimum atomic E-state index is -0.989. The van der Waals surface area contributed by atoms with Gasteiger partial charge in [0.1, 0.15) is 6.54 Å².